The van der Waals surface area contributed by atoms with E-state index in [1.165, 1.54) is 32.7 Å². The summed E-state index contributed by atoms with van der Waals surface area (Å²) in [4.78, 5) is 61.4. The summed E-state index contributed by atoms with van der Waals surface area (Å²) >= 11 is 0. The van der Waals surface area contributed by atoms with E-state index in [1.54, 1.807) is 24.3 Å². The third-order valence-electron chi connectivity index (χ3n) is 16.3. The van der Waals surface area contributed by atoms with Gasteiger partial charge >= 0.3 is 11.9 Å². The van der Waals surface area contributed by atoms with Gasteiger partial charge in [0.1, 0.15) is 36.9 Å². The van der Waals surface area contributed by atoms with Crippen molar-refractivity contribution >= 4 is 45.3 Å². The zero-order chi connectivity index (χ0) is 53.2. The Kier molecular flexibility index (Phi) is 16.7. The fraction of sp³-hybridized carbons (Fsp3) is 0.364. The fourth-order valence-electron chi connectivity index (χ4n) is 11.9. The van der Waals surface area contributed by atoms with E-state index in [4.69, 9.17) is 18.9 Å². The molecule has 4 heterocycles. The van der Waals surface area contributed by atoms with Crippen molar-refractivity contribution in [3.63, 3.8) is 0 Å². The van der Waals surface area contributed by atoms with Crippen molar-refractivity contribution in [3.8, 4) is 11.5 Å². The maximum absolute atomic E-state index is 14.0. The van der Waals surface area contributed by atoms with Crippen molar-refractivity contribution < 1.29 is 38.1 Å². The molecule has 4 fully saturated rings. The van der Waals surface area contributed by atoms with Crippen molar-refractivity contribution in [3.05, 3.63) is 191 Å². The highest BCUT2D eigenvalue weighted by molar-refractivity contribution is 5.93. The molecule has 0 radical (unpaired) electrons. The van der Waals surface area contributed by atoms with E-state index in [-0.39, 0.29) is 25.0 Å². The molecule has 0 N–H and O–H groups in total. The van der Waals surface area contributed by atoms with Crippen LogP contribution in [-0.4, -0.2) is 121 Å². The first-order valence-corrected chi connectivity index (χ1v) is 28.1. The van der Waals surface area contributed by atoms with Gasteiger partial charge in [0.15, 0.2) is 0 Å². The summed E-state index contributed by atoms with van der Waals surface area (Å²) in [7, 11) is 0. The predicted molar refractivity (Wildman–Crippen MR) is 303 cm³/mol. The van der Waals surface area contributed by atoms with Gasteiger partial charge in [-0.15, -0.1) is 0 Å². The highest BCUT2D eigenvalue weighted by Crippen LogP contribution is 2.33. The summed E-state index contributed by atoms with van der Waals surface area (Å²) in [5, 5.41) is 4.99. The van der Waals surface area contributed by atoms with Crippen molar-refractivity contribution in [2.75, 3.05) is 65.6 Å². The number of amides is 2. The summed E-state index contributed by atoms with van der Waals surface area (Å²) in [5.41, 5.74) is 5.31. The van der Waals surface area contributed by atoms with Gasteiger partial charge in [-0.25, -0.2) is 9.59 Å². The van der Waals surface area contributed by atoms with Crippen LogP contribution in [0.2, 0.25) is 0 Å². The number of benzene rings is 7. The van der Waals surface area contributed by atoms with Crippen molar-refractivity contribution in [1.29, 1.82) is 0 Å². The summed E-state index contributed by atoms with van der Waals surface area (Å²) in [6.07, 6.45) is 5.68. The quantitative estimate of drug-likeness (QED) is 0.0683. The molecule has 78 heavy (non-hydrogen) atoms. The molecule has 2 unspecified atom stereocenters. The number of ether oxygens (including phenoxy) is 4. The number of piperidine rings is 2. The lowest BCUT2D eigenvalue weighted by Crippen LogP contribution is -2.42. The number of hydrogen-bond acceptors (Lipinski definition) is 10. The molecule has 12 heteroatoms. The second kappa shape index (κ2) is 24.8. The van der Waals surface area contributed by atoms with Gasteiger partial charge in [-0.05, 0) is 169 Å². The maximum Gasteiger partial charge on any atom is 0.338 e. The van der Waals surface area contributed by atoms with Crippen LogP contribution in [0.4, 0.5) is 0 Å². The average Bonchev–Trinajstić information content (AvgIpc) is 4.09. The highest BCUT2D eigenvalue weighted by atomic mass is 16.6. The Labute approximate surface area is 457 Å². The van der Waals surface area contributed by atoms with Gasteiger partial charge in [-0.1, -0.05) is 109 Å². The van der Waals surface area contributed by atoms with Crippen LogP contribution < -0.4 is 9.47 Å². The largest absolute Gasteiger partial charge is 0.490 e. The van der Waals surface area contributed by atoms with Gasteiger partial charge < -0.3 is 28.7 Å². The molecule has 402 valence electrons. The van der Waals surface area contributed by atoms with Crippen LogP contribution in [0.3, 0.4) is 0 Å². The SMILES string of the molecule is O=C(OC(COc1cccc(CN2CCCC2=O)c1)CN1CCC(c2ccc3ccccc3c2)CC1)c1ccc(C(=O)OC(COc2cccc(CN3CCCC3=O)c2)CN2CCC(c3ccc4ccccc4c3)CC2)cc1. The van der Waals surface area contributed by atoms with E-state index in [0.717, 1.165) is 88.9 Å². The minimum Gasteiger partial charge on any atom is -0.490 e. The zero-order valence-electron chi connectivity index (χ0n) is 44.5. The molecular formula is C66H70N4O8. The molecule has 0 spiro atoms. The number of fused-ring (bicyclic) bond motifs is 2. The van der Waals surface area contributed by atoms with Crippen molar-refractivity contribution in [2.45, 2.75) is 88.5 Å². The number of likely N-dealkylation sites (tertiary alicyclic amines) is 4. The van der Waals surface area contributed by atoms with Crippen LogP contribution in [0.5, 0.6) is 11.5 Å². The molecule has 7 aromatic rings. The molecule has 7 aromatic carbocycles. The van der Waals surface area contributed by atoms with Crippen LogP contribution in [0.25, 0.3) is 21.5 Å². The topological polar surface area (TPSA) is 118 Å². The first kappa shape index (κ1) is 52.5. The van der Waals surface area contributed by atoms with Gasteiger partial charge in [0.05, 0.1) is 11.1 Å². The molecule has 0 bridgehead atoms. The highest BCUT2D eigenvalue weighted by Gasteiger charge is 2.29. The summed E-state index contributed by atoms with van der Waals surface area (Å²) < 4.78 is 25.3. The number of hydrogen-bond donors (Lipinski definition) is 0. The van der Waals surface area contributed by atoms with E-state index in [9.17, 15) is 19.2 Å². The number of rotatable bonds is 20. The standard InChI is InChI=1S/C66H70N4O8/c71-63-17-7-31-69(63)41-47-9-5-15-59(37-47)75-45-61(43-67-33-27-51(28-34-67)57-25-19-49-11-1-3-13-55(49)39-57)77-65(73)53-21-23-54(24-22-53)66(74)78-62(46-76-60-16-6-10-48(38-60)42-70-32-8-18-64(70)72)44-68-35-29-52(30-36-68)58-26-20-50-12-2-4-14-56(50)40-58/h1-6,9-16,19-26,37-40,51-52,61-62H,7-8,17-18,27-36,41-46H2. The lowest BCUT2D eigenvalue weighted by Gasteiger charge is -2.34. The lowest BCUT2D eigenvalue weighted by atomic mass is 9.88. The van der Waals surface area contributed by atoms with Crippen molar-refractivity contribution in [2.24, 2.45) is 0 Å². The van der Waals surface area contributed by atoms with Gasteiger partial charge in [0.25, 0.3) is 0 Å². The number of esters is 2. The summed E-state index contributed by atoms with van der Waals surface area (Å²) in [6.45, 7) is 7.25. The Bertz CT molecular complexity index is 3000. The van der Waals surface area contributed by atoms with E-state index in [2.05, 4.69) is 94.7 Å². The van der Waals surface area contributed by atoms with Crippen LogP contribution in [0, 0.1) is 0 Å². The minimum atomic E-state index is -0.593. The average molecular weight is 1050 g/mol. The lowest BCUT2D eigenvalue weighted by molar-refractivity contribution is -0.129. The molecule has 12 nitrogen and oxygen atoms in total. The maximum atomic E-state index is 14.0. The number of nitrogens with zero attached hydrogens (tertiary/aromatic N) is 4. The number of carbonyl (C=O) groups excluding carboxylic acids is 4. The Morgan fingerprint density at radius 3 is 1.26 bits per heavy atom. The first-order valence-electron chi connectivity index (χ1n) is 28.1. The Hall–Kier alpha value is -7.54. The van der Waals surface area contributed by atoms with Crippen molar-refractivity contribution in [1.82, 2.24) is 19.6 Å². The molecule has 11 rings (SSSR count). The van der Waals surface area contributed by atoms with Gasteiger partial charge in [-0.2, -0.15) is 0 Å². The predicted octanol–water partition coefficient (Wildman–Crippen LogP) is 11.2. The van der Waals surface area contributed by atoms with E-state index >= 15 is 0 Å². The Balaban J connectivity index is 0.741. The van der Waals surface area contributed by atoms with Gasteiger partial charge in [0, 0.05) is 52.1 Å². The van der Waals surface area contributed by atoms with Crippen LogP contribution in [-0.2, 0) is 32.2 Å². The Morgan fingerprint density at radius 2 is 0.859 bits per heavy atom. The zero-order valence-corrected chi connectivity index (χ0v) is 44.5. The third kappa shape index (κ3) is 13.4. The van der Waals surface area contributed by atoms with Crippen LogP contribution >= 0.6 is 0 Å². The second-order valence-corrected chi connectivity index (χ2v) is 21.7. The minimum absolute atomic E-state index is 0.139. The molecule has 4 aliphatic rings. The molecule has 4 aliphatic heterocycles. The second-order valence-electron chi connectivity index (χ2n) is 21.7. The number of carbonyl (C=O) groups is 4. The smallest absolute Gasteiger partial charge is 0.338 e. The van der Waals surface area contributed by atoms with Gasteiger partial charge in [-0.3, -0.25) is 19.4 Å². The molecule has 0 aromatic heterocycles. The summed E-state index contributed by atoms with van der Waals surface area (Å²) in [5.74, 6) is 1.50. The fourth-order valence-corrected chi connectivity index (χ4v) is 11.9. The van der Waals surface area contributed by atoms with E-state index < -0.39 is 24.1 Å². The normalized spacial score (nSPS) is 17.6. The molecule has 4 saturated heterocycles. The monoisotopic (exact) mass is 1050 g/mol. The van der Waals surface area contributed by atoms with E-state index in [0.29, 0.717) is 73.5 Å². The molecule has 0 saturated carbocycles. The molecule has 2 atom stereocenters. The third-order valence-corrected chi connectivity index (χ3v) is 16.3. The van der Waals surface area contributed by atoms with Crippen LogP contribution in [0.15, 0.2) is 158 Å². The Morgan fingerprint density at radius 1 is 0.449 bits per heavy atom. The molecule has 2 amide bonds. The first-order chi connectivity index (χ1) is 38.2. The molecule has 0 aliphatic carbocycles. The molecular weight excluding hydrogens is 977 g/mol. The van der Waals surface area contributed by atoms with Gasteiger partial charge in [0.2, 0.25) is 11.8 Å². The van der Waals surface area contributed by atoms with Crippen LogP contribution in [0.1, 0.15) is 106 Å². The van der Waals surface area contributed by atoms with E-state index in [1.807, 2.05) is 58.3 Å². The summed E-state index contributed by atoms with van der Waals surface area (Å²) in [6, 6.07) is 52.6.